The van der Waals surface area contributed by atoms with Gasteiger partial charge in [0.1, 0.15) is 13.2 Å². The van der Waals surface area contributed by atoms with E-state index < -0.39 is 0 Å². The summed E-state index contributed by atoms with van der Waals surface area (Å²) in [4.78, 5) is 52.0. The first kappa shape index (κ1) is 44.7. The van der Waals surface area contributed by atoms with Gasteiger partial charge in [-0.3, -0.25) is 24.3 Å². The molecule has 0 saturated heterocycles. The molecule has 3 amide bonds. The topological polar surface area (TPSA) is 122 Å². The number of rotatable bonds is 15. The first-order chi connectivity index (χ1) is 30.8. The standard InChI is InChI=1S/C50H55N5O7S2/c1-9-12-41-30(2)17-35-26-51-39-24-45(43(59-6)22-37(39)48(57)54(35)41)61-28-31-18-32(20-34(19-31)53(5)47(56)15-16-50(3,4)64-63-8)29-62-46-25-40-38(23-44(46)60-7)49(58)55-36(27-52-40)21-33-13-10-11-14-42(33)55/h9-14,18-20,22-26,35-36,52H,15-17,21,27-29H2,1-8H3/b12-9-/t35-,36?/m0/s1. The number of carbonyl (C=O) groups excluding carboxylic acids is 3. The van der Waals surface area contributed by atoms with E-state index in [4.69, 9.17) is 23.9 Å². The maximum Gasteiger partial charge on any atom is 0.261 e. The van der Waals surface area contributed by atoms with Gasteiger partial charge in [-0.25, -0.2) is 0 Å². The zero-order valence-corrected chi connectivity index (χ0v) is 39.3. The molecule has 0 spiro atoms. The maximum atomic E-state index is 14.1. The second-order valence-electron chi connectivity index (χ2n) is 17.0. The van der Waals surface area contributed by atoms with Crippen LogP contribution in [0.3, 0.4) is 0 Å². The number of nitrogens with zero attached hydrogens (tertiary/aromatic N) is 4. The molecule has 0 bridgehead atoms. The number of benzene rings is 4. The highest BCUT2D eigenvalue weighted by Gasteiger charge is 2.39. The van der Waals surface area contributed by atoms with Gasteiger partial charge < -0.3 is 34.1 Å². The molecule has 2 atom stereocenters. The number of allylic oxidation sites excluding steroid dienone is 2. The molecule has 64 heavy (non-hydrogen) atoms. The summed E-state index contributed by atoms with van der Waals surface area (Å²) < 4.78 is 24.5. The van der Waals surface area contributed by atoms with Crippen molar-refractivity contribution < 1.29 is 33.3 Å². The Balaban J connectivity index is 1.06. The largest absolute Gasteiger partial charge is 0.493 e. The molecule has 14 heteroatoms. The third-order valence-corrected chi connectivity index (χ3v) is 14.9. The zero-order valence-electron chi connectivity index (χ0n) is 37.7. The Bertz CT molecular complexity index is 2590. The molecular weight excluding hydrogens is 847 g/mol. The lowest BCUT2D eigenvalue weighted by Crippen LogP contribution is -2.39. The molecule has 334 valence electrons. The zero-order chi connectivity index (χ0) is 45.3. The average molecular weight is 902 g/mol. The number of para-hydroxylation sites is 1. The van der Waals surface area contributed by atoms with Crippen molar-refractivity contribution in [3.63, 3.8) is 0 Å². The van der Waals surface area contributed by atoms with Crippen LogP contribution < -0.4 is 34.1 Å². The highest BCUT2D eigenvalue weighted by Crippen LogP contribution is 2.43. The van der Waals surface area contributed by atoms with Crippen LogP contribution in [0.4, 0.5) is 22.7 Å². The lowest BCUT2D eigenvalue weighted by molar-refractivity contribution is -0.118. The number of carbonyl (C=O) groups is 3. The van der Waals surface area contributed by atoms with Crippen LogP contribution >= 0.6 is 21.6 Å². The van der Waals surface area contributed by atoms with Crippen molar-refractivity contribution in [2.45, 2.75) is 83.4 Å². The number of fused-ring (bicyclic) bond motifs is 6. The van der Waals surface area contributed by atoms with Crippen molar-refractivity contribution in [3.8, 4) is 23.0 Å². The van der Waals surface area contributed by atoms with Gasteiger partial charge in [0.05, 0.1) is 48.8 Å². The Labute approximate surface area is 383 Å². The summed E-state index contributed by atoms with van der Waals surface area (Å²) in [6.45, 7) is 9.12. The first-order valence-electron chi connectivity index (χ1n) is 21.5. The van der Waals surface area contributed by atoms with Crippen LogP contribution in [-0.4, -0.2) is 79.7 Å². The van der Waals surface area contributed by atoms with E-state index in [2.05, 4.69) is 25.2 Å². The Hall–Kier alpha value is -5.86. The van der Waals surface area contributed by atoms with Crippen LogP contribution in [0.15, 0.2) is 95.1 Å². The lowest BCUT2D eigenvalue weighted by atomic mass is 10.1. The fraction of sp³-hybridized carbons (Fsp3) is 0.360. The number of nitrogens with one attached hydrogen (secondary N) is 1. The minimum Gasteiger partial charge on any atom is -0.493 e. The minimum absolute atomic E-state index is 0.0101. The van der Waals surface area contributed by atoms with Crippen LogP contribution in [0.1, 0.15) is 84.4 Å². The maximum absolute atomic E-state index is 14.1. The normalized spacial score (nSPS) is 17.6. The van der Waals surface area contributed by atoms with E-state index in [0.717, 1.165) is 40.1 Å². The predicted octanol–water partition coefficient (Wildman–Crippen LogP) is 10.2. The van der Waals surface area contributed by atoms with E-state index in [1.165, 1.54) is 0 Å². The molecular formula is C50H55N5O7S2. The number of ether oxygens (including phenoxy) is 4. The molecule has 1 unspecified atom stereocenters. The number of amides is 3. The quantitative estimate of drug-likeness (QED) is 0.115. The molecule has 4 aromatic rings. The molecule has 0 aromatic heterocycles. The molecule has 4 aromatic carbocycles. The number of hydrogen-bond acceptors (Lipinski definition) is 11. The number of hydrogen-bond donors (Lipinski definition) is 1. The average Bonchev–Trinajstić information content (AvgIpc) is 3.74. The van der Waals surface area contributed by atoms with Crippen LogP contribution in [0.25, 0.3) is 0 Å². The van der Waals surface area contributed by atoms with Crippen molar-refractivity contribution in [2.24, 2.45) is 4.99 Å². The van der Waals surface area contributed by atoms with Crippen LogP contribution in [0, 0.1) is 0 Å². The highest BCUT2D eigenvalue weighted by atomic mass is 33.1. The van der Waals surface area contributed by atoms with Gasteiger partial charge in [0, 0.05) is 60.2 Å². The SMILES string of the molecule is C/C=C\C1=C(C)C[C@H]2C=Nc3cc(OCc4cc(COc5cc6c(cc5OC)C(=O)N5c7ccccc7CC5CN6)cc(N(C)C(=O)CCC(C)(C)SSC)c4)c(OC)cc3C(=O)N12. The second kappa shape index (κ2) is 18.7. The van der Waals surface area contributed by atoms with E-state index in [-0.39, 0.29) is 47.8 Å². The van der Waals surface area contributed by atoms with Gasteiger partial charge in [-0.15, -0.1) is 0 Å². The molecule has 0 saturated carbocycles. The summed E-state index contributed by atoms with van der Waals surface area (Å²) in [5.41, 5.74) is 8.49. The first-order valence-corrected chi connectivity index (χ1v) is 24.0. The van der Waals surface area contributed by atoms with Gasteiger partial charge in [0.25, 0.3) is 11.8 Å². The Morgan fingerprint density at radius 2 is 1.58 bits per heavy atom. The molecule has 4 aliphatic heterocycles. The Morgan fingerprint density at radius 3 is 2.27 bits per heavy atom. The Kier molecular flexibility index (Phi) is 13.1. The van der Waals surface area contributed by atoms with Gasteiger partial charge in [-0.1, -0.05) is 45.9 Å². The summed E-state index contributed by atoms with van der Waals surface area (Å²) in [7, 11) is 8.36. The third kappa shape index (κ3) is 8.94. The summed E-state index contributed by atoms with van der Waals surface area (Å²) in [5, 5.41) is 3.51. The van der Waals surface area contributed by atoms with Gasteiger partial charge >= 0.3 is 0 Å². The molecule has 4 aliphatic rings. The Morgan fingerprint density at radius 1 is 0.906 bits per heavy atom. The van der Waals surface area contributed by atoms with Gasteiger partial charge in [-0.2, -0.15) is 0 Å². The molecule has 0 radical (unpaired) electrons. The highest BCUT2D eigenvalue weighted by molar-refractivity contribution is 8.76. The van der Waals surface area contributed by atoms with Crippen molar-refractivity contribution in [3.05, 3.63) is 118 Å². The number of methoxy groups -OCH3 is 2. The van der Waals surface area contributed by atoms with Crippen molar-refractivity contribution in [1.82, 2.24) is 4.90 Å². The minimum atomic E-state index is -0.180. The fourth-order valence-corrected chi connectivity index (χ4v) is 11.1. The van der Waals surface area contributed by atoms with Crippen LogP contribution in [0.2, 0.25) is 0 Å². The molecule has 8 rings (SSSR count). The molecule has 1 N–H and O–H groups in total. The van der Waals surface area contributed by atoms with Crippen molar-refractivity contribution in [2.75, 3.05) is 49.2 Å². The van der Waals surface area contributed by atoms with Gasteiger partial charge in [0.2, 0.25) is 5.91 Å². The third-order valence-electron chi connectivity index (χ3n) is 12.2. The van der Waals surface area contributed by atoms with E-state index in [1.807, 2.05) is 85.8 Å². The van der Waals surface area contributed by atoms with E-state index in [0.29, 0.717) is 77.0 Å². The van der Waals surface area contributed by atoms with E-state index in [9.17, 15) is 14.4 Å². The monoisotopic (exact) mass is 901 g/mol. The summed E-state index contributed by atoms with van der Waals surface area (Å²) in [6, 6.07) is 20.7. The smallest absolute Gasteiger partial charge is 0.261 e. The molecule has 0 fully saturated rings. The van der Waals surface area contributed by atoms with E-state index in [1.54, 1.807) is 70.9 Å². The van der Waals surface area contributed by atoms with Gasteiger partial charge in [0.15, 0.2) is 23.0 Å². The summed E-state index contributed by atoms with van der Waals surface area (Å²) in [5.74, 6) is 1.48. The second-order valence-corrected chi connectivity index (χ2v) is 20.2. The van der Waals surface area contributed by atoms with Crippen LogP contribution in [0.5, 0.6) is 23.0 Å². The molecule has 12 nitrogen and oxygen atoms in total. The fourth-order valence-electron chi connectivity index (χ4n) is 8.87. The lowest BCUT2D eigenvalue weighted by Gasteiger charge is -2.25. The number of aliphatic imine (C=N–C) groups is 1. The van der Waals surface area contributed by atoms with E-state index >= 15 is 0 Å². The summed E-state index contributed by atoms with van der Waals surface area (Å²) in [6.07, 6.45) is 10.4. The van der Waals surface area contributed by atoms with Crippen molar-refractivity contribution >= 4 is 68.3 Å². The number of anilines is 3. The van der Waals surface area contributed by atoms with Crippen LogP contribution in [-0.2, 0) is 24.4 Å². The van der Waals surface area contributed by atoms with Gasteiger partial charge in [-0.05, 0) is 118 Å². The summed E-state index contributed by atoms with van der Waals surface area (Å²) >= 11 is 0. The van der Waals surface area contributed by atoms with Crippen molar-refractivity contribution in [1.29, 1.82) is 0 Å². The predicted molar refractivity (Wildman–Crippen MR) is 258 cm³/mol. The molecule has 4 heterocycles. The molecule has 0 aliphatic carbocycles.